The zero-order chi connectivity index (χ0) is 31.9. The summed E-state index contributed by atoms with van der Waals surface area (Å²) in [5, 5.41) is 2.26. The molecule has 0 aliphatic carbocycles. The predicted octanol–water partition coefficient (Wildman–Crippen LogP) is 13.1. The number of benzene rings is 8. The van der Waals surface area contributed by atoms with Crippen molar-refractivity contribution in [1.82, 2.24) is 0 Å². The molecule has 2 heteroatoms. The Kier molecular flexibility index (Phi) is 6.84. The van der Waals surface area contributed by atoms with Crippen LogP contribution < -0.4 is 9.64 Å². The summed E-state index contributed by atoms with van der Waals surface area (Å²) in [6.07, 6.45) is 0. The fraction of sp³-hybridized carbons (Fsp3) is 0. The minimum Gasteiger partial charge on any atom is -0.456 e. The zero-order valence-corrected chi connectivity index (χ0v) is 26.3. The fourth-order valence-corrected chi connectivity index (χ4v) is 6.99. The summed E-state index contributed by atoms with van der Waals surface area (Å²) in [6, 6.07) is 66.8. The van der Waals surface area contributed by atoms with Crippen molar-refractivity contribution in [2.45, 2.75) is 0 Å². The molecule has 0 N–H and O–H groups in total. The molecule has 48 heavy (non-hydrogen) atoms. The number of rotatable bonds is 6. The van der Waals surface area contributed by atoms with Crippen LogP contribution in [0.5, 0.6) is 11.5 Å². The van der Waals surface area contributed by atoms with Crippen molar-refractivity contribution in [3.63, 3.8) is 0 Å². The Labute approximate surface area is 280 Å². The van der Waals surface area contributed by atoms with Crippen LogP contribution in [0.25, 0.3) is 55.3 Å². The summed E-state index contributed by atoms with van der Waals surface area (Å²) < 4.78 is 6.60. The average molecular weight is 614 g/mol. The van der Waals surface area contributed by atoms with E-state index >= 15 is 0 Å². The molecule has 2 nitrogen and oxygen atoms in total. The van der Waals surface area contributed by atoms with Crippen LogP contribution in [0.4, 0.5) is 17.1 Å². The molecule has 0 bridgehead atoms. The average Bonchev–Trinajstić information content (AvgIpc) is 3.17. The molecule has 1 aliphatic rings. The first-order chi connectivity index (χ1) is 23.8. The molecule has 0 fully saturated rings. The van der Waals surface area contributed by atoms with Gasteiger partial charge in [0.05, 0.1) is 5.69 Å². The van der Waals surface area contributed by atoms with Gasteiger partial charge in [0.15, 0.2) is 0 Å². The van der Waals surface area contributed by atoms with Gasteiger partial charge in [-0.25, -0.2) is 0 Å². The highest BCUT2D eigenvalue weighted by Gasteiger charge is 2.27. The Morgan fingerprint density at radius 1 is 0.354 bits per heavy atom. The van der Waals surface area contributed by atoms with Crippen LogP contribution >= 0.6 is 0 Å². The van der Waals surface area contributed by atoms with Gasteiger partial charge >= 0.3 is 0 Å². The van der Waals surface area contributed by atoms with E-state index in [1.54, 1.807) is 0 Å². The zero-order valence-electron chi connectivity index (χ0n) is 26.3. The number of anilines is 3. The molecule has 0 unspecified atom stereocenters. The van der Waals surface area contributed by atoms with E-state index in [-0.39, 0.29) is 0 Å². The summed E-state index contributed by atoms with van der Waals surface area (Å²) in [7, 11) is 0. The van der Waals surface area contributed by atoms with Gasteiger partial charge in [-0.3, -0.25) is 0 Å². The highest BCUT2D eigenvalue weighted by Crippen LogP contribution is 2.54. The summed E-state index contributed by atoms with van der Waals surface area (Å²) >= 11 is 0. The maximum Gasteiger partial charge on any atom is 0.136 e. The Bertz CT molecular complexity index is 2300. The lowest BCUT2D eigenvalue weighted by Gasteiger charge is -2.31. The number of ether oxygens (including phenoxy) is 1. The van der Waals surface area contributed by atoms with Gasteiger partial charge in [0, 0.05) is 33.3 Å². The van der Waals surface area contributed by atoms with E-state index in [1.807, 2.05) is 6.07 Å². The minimum atomic E-state index is 0.874. The second-order valence-corrected chi connectivity index (χ2v) is 12.1. The van der Waals surface area contributed by atoms with Crippen LogP contribution in [0.15, 0.2) is 188 Å². The van der Waals surface area contributed by atoms with Gasteiger partial charge in [0.25, 0.3) is 0 Å². The molecule has 9 rings (SSSR count). The SMILES string of the molecule is c1ccc(-c2ccc(N(c3ccc(-c4ccccc4)cc3)c3cc(-c4ccccc4)c4c5c(cccc35)Oc3ccccc3-4)cc2)cc1. The molecule has 0 saturated carbocycles. The second-order valence-electron chi connectivity index (χ2n) is 12.1. The van der Waals surface area contributed by atoms with Gasteiger partial charge in [-0.1, -0.05) is 146 Å². The lowest BCUT2D eigenvalue weighted by atomic mass is 9.86. The van der Waals surface area contributed by atoms with Gasteiger partial charge < -0.3 is 9.64 Å². The minimum absolute atomic E-state index is 0.874. The number of nitrogens with zero attached hydrogens (tertiary/aromatic N) is 1. The first-order valence-corrected chi connectivity index (χ1v) is 16.4. The van der Waals surface area contributed by atoms with Gasteiger partial charge in [0.2, 0.25) is 0 Å². The Hall–Kier alpha value is -6.38. The number of hydrogen-bond donors (Lipinski definition) is 0. The monoisotopic (exact) mass is 613 g/mol. The molecular weight excluding hydrogens is 583 g/mol. The summed E-state index contributed by atoms with van der Waals surface area (Å²) in [5.41, 5.74) is 12.7. The third-order valence-electron chi connectivity index (χ3n) is 9.27. The molecular formula is C46H31NO. The van der Waals surface area contributed by atoms with E-state index in [9.17, 15) is 0 Å². The smallest absolute Gasteiger partial charge is 0.136 e. The van der Waals surface area contributed by atoms with Crippen molar-refractivity contribution in [1.29, 1.82) is 0 Å². The molecule has 8 aromatic rings. The molecule has 0 atom stereocenters. The molecule has 0 spiro atoms. The molecule has 1 aliphatic heterocycles. The van der Waals surface area contributed by atoms with Gasteiger partial charge in [0.1, 0.15) is 11.5 Å². The first kappa shape index (κ1) is 27.9. The molecule has 0 aromatic heterocycles. The number of fused-ring (bicyclic) bond motifs is 2. The summed E-state index contributed by atoms with van der Waals surface area (Å²) in [6.45, 7) is 0. The van der Waals surface area contributed by atoms with Crippen molar-refractivity contribution >= 4 is 27.8 Å². The van der Waals surface area contributed by atoms with Crippen molar-refractivity contribution in [2.75, 3.05) is 4.90 Å². The molecule has 8 aromatic carbocycles. The van der Waals surface area contributed by atoms with Crippen molar-refractivity contribution in [3.05, 3.63) is 188 Å². The summed E-state index contributed by atoms with van der Waals surface area (Å²) in [5.74, 6) is 1.76. The lowest BCUT2D eigenvalue weighted by molar-refractivity contribution is 0.487. The van der Waals surface area contributed by atoms with Crippen LogP contribution in [0, 0.1) is 0 Å². The highest BCUT2D eigenvalue weighted by atomic mass is 16.5. The van der Waals surface area contributed by atoms with Crippen LogP contribution in [0.3, 0.4) is 0 Å². The summed E-state index contributed by atoms with van der Waals surface area (Å²) in [4.78, 5) is 2.39. The van der Waals surface area contributed by atoms with Crippen LogP contribution in [0.2, 0.25) is 0 Å². The highest BCUT2D eigenvalue weighted by molar-refractivity contribution is 6.15. The molecule has 0 amide bonds. The third-order valence-corrected chi connectivity index (χ3v) is 9.27. The Morgan fingerprint density at radius 2 is 0.833 bits per heavy atom. The number of para-hydroxylation sites is 1. The van der Waals surface area contributed by atoms with Crippen LogP contribution in [0.1, 0.15) is 0 Å². The van der Waals surface area contributed by atoms with Crippen molar-refractivity contribution < 1.29 is 4.74 Å². The van der Waals surface area contributed by atoms with Gasteiger partial charge in [-0.15, -0.1) is 0 Å². The Morgan fingerprint density at radius 3 is 1.42 bits per heavy atom. The van der Waals surface area contributed by atoms with E-state index in [0.717, 1.165) is 44.9 Å². The predicted molar refractivity (Wildman–Crippen MR) is 200 cm³/mol. The fourth-order valence-electron chi connectivity index (χ4n) is 6.99. The van der Waals surface area contributed by atoms with E-state index < -0.39 is 0 Å². The third kappa shape index (κ3) is 4.83. The van der Waals surface area contributed by atoms with Crippen molar-refractivity contribution in [3.8, 4) is 56.0 Å². The number of hydrogen-bond acceptors (Lipinski definition) is 2. The van der Waals surface area contributed by atoms with E-state index in [2.05, 4.69) is 187 Å². The maximum absolute atomic E-state index is 6.60. The normalized spacial score (nSPS) is 11.5. The molecule has 226 valence electrons. The van der Waals surface area contributed by atoms with E-state index in [0.29, 0.717) is 0 Å². The quantitative estimate of drug-likeness (QED) is 0.185. The van der Waals surface area contributed by atoms with Gasteiger partial charge in [-0.05, 0) is 75.8 Å². The van der Waals surface area contributed by atoms with Crippen LogP contribution in [-0.2, 0) is 0 Å². The lowest BCUT2D eigenvalue weighted by Crippen LogP contribution is -2.12. The second kappa shape index (κ2) is 11.8. The Balaban J connectivity index is 1.30. The van der Waals surface area contributed by atoms with E-state index in [1.165, 1.54) is 38.9 Å². The topological polar surface area (TPSA) is 12.5 Å². The first-order valence-electron chi connectivity index (χ1n) is 16.4. The van der Waals surface area contributed by atoms with Gasteiger partial charge in [-0.2, -0.15) is 0 Å². The molecule has 0 radical (unpaired) electrons. The van der Waals surface area contributed by atoms with E-state index in [4.69, 9.17) is 4.74 Å². The molecule has 0 saturated heterocycles. The van der Waals surface area contributed by atoms with Crippen LogP contribution in [-0.4, -0.2) is 0 Å². The van der Waals surface area contributed by atoms with Crippen molar-refractivity contribution in [2.24, 2.45) is 0 Å². The maximum atomic E-state index is 6.60. The largest absolute Gasteiger partial charge is 0.456 e. The molecule has 1 heterocycles. The standard InChI is InChI=1S/C46H31NO/c1-4-13-32(14-5-1)34-23-27-37(28-24-34)47(38-29-25-35(26-30-38)33-15-6-2-7-16-33)42-31-41(36-17-8-3-9-18-36)45-40-19-10-11-21-43(40)48-44-22-12-20-39(42)46(44)45/h1-31H.